The molecule has 0 bridgehead atoms. The lowest BCUT2D eigenvalue weighted by Crippen LogP contribution is -2.45. The van der Waals surface area contributed by atoms with Crippen LogP contribution in [0.4, 0.5) is 0 Å². The summed E-state index contributed by atoms with van der Waals surface area (Å²) < 4.78 is 0. The highest BCUT2D eigenvalue weighted by Crippen LogP contribution is 2.41. The van der Waals surface area contributed by atoms with Crippen LogP contribution in [0.15, 0.2) is 0 Å². The molecule has 0 amide bonds. The lowest BCUT2D eigenvalue weighted by Gasteiger charge is -2.35. The highest BCUT2D eigenvalue weighted by Gasteiger charge is 2.41. The number of hydrogen-bond donors (Lipinski definition) is 1. The SMILES string of the molecule is CNC1C(CN(C)C(C)C(C)C)CCC1(C)C. The first-order valence-corrected chi connectivity index (χ1v) is 7.17. The summed E-state index contributed by atoms with van der Waals surface area (Å²) in [6, 6.07) is 1.35. The highest BCUT2D eigenvalue weighted by molar-refractivity contribution is 4.96. The molecule has 0 radical (unpaired) electrons. The quantitative estimate of drug-likeness (QED) is 0.795. The summed E-state index contributed by atoms with van der Waals surface area (Å²) in [7, 11) is 4.40. The molecule has 102 valence electrons. The maximum absolute atomic E-state index is 3.55. The maximum Gasteiger partial charge on any atom is 0.0156 e. The summed E-state index contributed by atoms with van der Waals surface area (Å²) in [4.78, 5) is 2.54. The van der Waals surface area contributed by atoms with Crippen molar-refractivity contribution in [2.45, 2.75) is 59.5 Å². The topological polar surface area (TPSA) is 15.3 Å². The van der Waals surface area contributed by atoms with E-state index >= 15 is 0 Å². The molecule has 0 aliphatic heterocycles. The second-order valence-corrected chi connectivity index (χ2v) is 6.98. The van der Waals surface area contributed by atoms with Gasteiger partial charge in [-0.1, -0.05) is 27.7 Å². The Morgan fingerprint density at radius 2 is 1.88 bits per heavy atom. The summed E-state index contributed by atoms with van der Waals surface area (Å²) >= 11 is 0. The summed E-state index contributed by atoms with van der Waals surface area (Å²) in [6.07, 6.45) is 2.72. The van der Waals surface area contributed by atoms with Crippen molar-refractivity contribution >= 4 is 0 Å². The lowest BCUT2D eigenvalue weighted by molar-refractivity contribution is 0.156. The molecule has 1 aliphatic carbocycles. The monoisotopic (exact) mass is 240 g/mol. The highest BCUT2D eigenvalue weighted by atomic mass is 15.1. The van der Waals surface area contributed by atoms with Crippen molar-refractivity contribution in [3.8, 4) is 0 Å². The van der Waals surface area contributed by atoms with E-state index in [1.807, 2.05) is 0 Å². The molecule has 2 heteroatoms. The van der Waals surface area contributed by atoms with Crippen molar-refractivity contribution in [3.05, 3.63) is 0 Å². The van der Waals surface area contributed by atoms with Gasteiger partial charge in [0.1, 0.15) is 0 Å². The van der Waals surface area contributed by atoms with Crippen molar-refractivity contribution in [2.24, 2.45) is 17.3 Å². The first kappa shape index (κ1) is 15.0. The molecule has 0 aromatic carbocycles. The van der Waals surface area contributed by atoms with E-state index in [0.717, 1.165) is 11.8 Å². The first-order chi connectivity index (χ1) is 7.79. The van der Waals surface area contributed by atoms with Gasteiger partial charge in [-0.3, -0.25) is 0 Å². The van der Waals surface area contributed by atoms with Gasteiger partial charge in [-0.15, -0.1) is 0 Å². The van der Waals surface area contributed by atoms with Gasteiger partial charge in [0.25, 0.3) is 0 Å². The van der Waals surface area contributed by atoms with E-state index in [9.17, 15) is 0 Å². The standard InChI is InChI=1S/C15H32N2/c1-11(2)12(3)17(7)10-13-8-9-15(4,5)14(13)16-6/h11-14,16H,8-10H2,1-7H3. The van der Waals surface area contributed by atoms with E-state index in [-0.39, 0.29) is 0 Å². The normalized spacial score (nSPS) is 30.2. The van der Waals surface area contributed by atoms with Gasteiger partial charge in [0.05, 0.1) is 0 Å². The van der Waals surface area contributed by atoms with Gasteiger partial charge < -0.3 is 10.2 Å². The van der Waals surface area contributed by atoms with Gasteiger partial charge in [-0.05, 0) is 51.1 Å². The second-order valence-electron chi connectivity index (χ2n) is 6.98. The summed E-state index contributed by atoms with van der Waals surface area (Å²) in [5.74, 6) is 1.55. The van der Waals surface area contributed by atoms with E-state index < -0.39 is 0 Å². The van der Waals surface area contributed by atoms with Crippen LogP contribution in [0.2, 0.25) is 0 Å². The average molecular weight is 240 g/mol. The smallest absolute Gasteiger partial charge is 0.0156 e. The van der Waals surface area contributed by atoms with Gasteiger partial charge in [0.2, 0.25) is 0 Å². The van der Waals surface area contributed by atoms with E-state index in [1.54, 1.807) is 0 Å². The Balaban J connectivity index is 2.58. The van der Waals surface area contributed by atoms with E-state index in [4.69, 9.17) is 0 Å². The van der Waals surface area contributed by atoms with Crippen LogP contribution in [-0.4, -0.2) is 37.6 Å². The van der Waals surface area contributed by atoms with Crippen LogP contribution >= 0.6 is 0 Å². The van der Waals surface area contributed by atoms with E-state index in [1.165, 1.54) is 19.4 Å². The molecule has 1 saturated carbocycles. The van der Waals surface area contributed by atoms with Crippen molar-refractivity contribution in [2.75, 3.05) is 20.6 Å². The van der Waals surface area contributed by atoms with Gasteiger partial charge >= 0.3 is 0 Å². The Labute approximate surface area is 108 Å². The van der Waals surface area contributed by atoms with Crippen molar-refractivity contribution in [1.82, 2.24) is 10.2 Å². The fraction of sp³-hybridized carbons (Fsp3) is 1.00. The van der Waals surface area contributed by atoms with Crippen molar-refractivity contribution < 1.29 is 0 Å². The molecule has 0 aromatic heterocycles. The third kappa shape index (κ3) is 3.45. The van der Waals surface area contributed by atoms with Crippen LogP contribution in [0.1, 0.15) is 47.5 Å². The Bertz CT molecular complexity index is 235. The molecule has 1 fully saturated rings. The van der Waals surface area contributed by atoms with Gasteiger partial charge in [-0.2, -0.15) is 0 Å². The van der Waals surface area contributed by atoms with Gasteiger partial charge in [0, 0.05) is 18.6 Å². The maximum atomic E-state index is 3.55. The summed E-state index contributed by atoms with van der Waals surface area (Å²) in [6.45, 7) is 13.0. The summed E-state index contributed by atoms with van der Waals surface area (Å²) in [5, 5.41) is 3.55. The number of hydrogen-bond acceptors (Lipinski definition) is 2. The number of rotatable bonds is 5. The fourth-order valence-electron chi connectivity index (χ4n) is 3.39. The van der Waals surface area contributed by atoms with Crippen molar-refractivity contribution in [3.63, 3.8) is 0 Å². The Hall–Kier alpha value is -0.0800. The summed E-state index contributed by atoms with van der Waals surface area (Å²) in [5.41, 5.74) is 0.460. The average Bonchev–Trinajstić information content (AvgIpc) is 2.52. The molecular formula is C15H32N2. The molecule has 0 spiro atoms. The lowest BCUT2D eigenvalue weighted by atomic mass is 9.84. The largest absolute Gasteiger partial charge is 0.316 e. The zero-order valence-electron chi connectivity index (χ0n) is 12.9. The molecule has 3 atom stereocenters. The van der Waals surface area contributed by atoms with Crippen LogP contribution in [-0.2, 0) is 0 Å². The van der Waals surface area contributed by atoms with Crippen LogP contribution in [0.25, 0.3) is 0 Å². The minimum absolute atomic E-state index is 0.460. The van der Waals surface area contributed by atoms with Crippen LogP contribution in [0.5, 0.6) is 0 Å². The molecule has 2 nitrogen and oxygen atoms in total. The second kappa shape index (κ2) is 5.71. The molecular weight excluding hydrogens is 208 g/mol. The Kier molecular flexibility index (Phi) is 5.03. The Morgan fingerprint density at radius 1 is 1.29 bits per heavy atom. The molecule has 17 heavy (non-hydrogen) atoms. The van der Waals surface area contributed by atoms with Crippen LogP contribution in [0, 0.1) is 17.3 Å². The third-order valence-electron chi connectivity index (χ3n) is 4.97. The molecule has 1 aliphatic rings. The predicted octanol–water partition coefficient (Wildman–Crippen LogP) is 2.99. The van der Waals surface area contributed by atoms with E-state index in [0.29, 0.717) is 17.5 Å². The zero-order chi connectivity index (χ0) is 13.2. The van der Waals surface area contributed by atoms with Crippen LogP contribution < -0.4 is 5.32 Å². The molecule has 0 heterocycles. The van der Waals surface area contributed by atoms with Gasteiger partial charge in [0.15, 0.2) is 0 Å². The van der Waals surface area contributed by atoms with Crippen molar-refractivity contribution in [1.29, 1.82) is 0 Å². The minimum atomic E-state index is 0.460. The molecule has 0 aromatic rings. The molecule has 1 N–H and O–H groups in total. The Morgan fingerprint density at radius 3 is 2.35 bits per heavy atom. The number of nitrogens with one attached hydrogen (secondary N) is 1. The fourth-order valence-corrected chi connectivity index (χ4v) is 3.39. The molecule has 1 rings (SSSR count). The number of nitrogens with zero attached hydrogens (tertiary/aromatic N) is 1. The molecule has 0 saturated heterocycles. The van der Waals surface area contributed by atoms with Crippen LogP contribution in [0.3, 0.4) is 0 Å². The zero-order valence-corrected chi connectivity index (χ0v) is 12.9. The van der Waals surface area contributed by atoms with Gasteiger partial charge in [-0.25, -0.2) is 0 Å². The first-order valence-electron chi connectivity index (χ1n) is 7.17. The molecule has 3 unspecified atom stereocenters. The van der Waals surface area contributed by atoms with E-state index in [2.05, 4.69) is 58.9 Å². The minimum Gasteiger partial charge on any atom is -0.316 e. The third-order valence-corrected chi connectivity index (χ3v) is 4.97. The predicted molar refractivity (Wildman–Crippen MR) is 76.3 cm³/mol.